The van der Waals surface area contributed by atoms with Gasteiger partial charge in [0.1, 0.15) is 5.75 Å². The van der Waals surface area contributed by atoms with Crippen LogP contribution >= 0.6 is 24.0 Å². The Kier molecular flexibility index (Phi) is 10.2. The van der Waals surface area contributed by atoms with E-state index >= 15 is 0 Å². The summed E-state index contributed by atoms with van der Waals surface area (Å²) < 4.78 is 5.51. The number of aliphatic imine (C=N–C) groups is 1. The van der Waals surface area contributed by atoms with Crippen molar-refractivity contribution in [2.45, 2.75) is 52.1 Å². The molecule has 2 aliphatic rings. The van der Waals surface area contributed by atoms with E-state index in [-0.39, 0.29) is 36.5 Å². The van der Waals surface area contributed by atoms with Crippen molar-refractivity contribution in [2.24, 2.45) is 4.99 Å². The molecule has 0 aromatic heterocycles. The normalized spacial score (nSPS) is 17.9. The quantitative estimate of drug-likeness (QED) is 0.246. The third kappa shape index (κ3) is 6.73. The second-order valence-electron chi connectivity index (χ2n) is 7.96. The number of guanidine groups is 1. The molecule has 30 heavy (non-hydrogen) atoms. The average Bonchev–Trinajstić information content (AvgIpc) is 2.73. The first kappa shape index (κ1) is 24.7. The van der Waals surface area contributed by atoms with E-state index in [1.54, 1.807) is 0 Å². The fourth-order valence-electron chi connectivity index (χ4n) is 3.89. The molecular weight excluding hydrogens is 493 g/mol. The molecule has 3 rings (SSSR count). The SMILES string of the molecule is CCNC(=NCCCN1C(=O)COc2ccccc21)NC1CCN(C(C)C)CC1.I. The Labute approximate surface area is 197 Å². The molecule has 0 atom stereocenters. The topological polar surface area (TPSA) is 69.2 Å². The molecule has 0 aliphatic carbocycles. The lowest BCUT2D eigenvalue weighted by Crippen LogP contribution is -2.49. The molecule has 0 spiro atoms. The summed E-state index contributed by atoms with van der Waals surface area (Å²) in [5.41, 5.74) is 0.856. The van der Waals surface area contributed by atoms with E-state index in [0.29, 0.717) is 25.2 Å². The first-order valence-corrected chi connectivity index (χ1v) is 10.9. The molecule has 0 saturated carbocycles. The van der Waals surface area contributed by atoms with Crippen LogP contribution in [-0.4, -0.2) is 68.2 Å². The summed E-state index contributed by atoms with van der Waals surface area (Å²) >= 11 is 0. The Hall–Kier alpha value is -1.55. The van der Waals surface area contributed by atoms with Gasteiger partial charge < -0.3 is 25.2 Å². The number of hydrogen-bond donors (Lipinski definition) is 2. The van der Waals surface area contributed by atoms with Crippen LogP contribution in [0.5, 0.6) is 5.75 Å². The fraction of sp³-hybridized carbons (Fsp3) is 0.636. The predicted octanol–water partition coefficient (Wildman–Crippen LogP) is 2.85. The minimum absolute atomic E-state index is 0. The van der Waals surface area contributed by atoms with Gasteiger partial charge in [0.15, 0.2) is 12.6 Å². The number of halogens is 1. The minimum Gasteiger partial charge on any atom is -0.482 e. The Morgan fingerprint density at radius 3 is 2.70 bits per heavy atom. The van der Waals surface area contributed by atoms with Crippen LogP contribution in [0.1, 0.15) is 40.0 Å². The van der Waals surface area contributed by atoms with Gasteiger partial charge in [-0.2, -0.15) is 0 Å². The summed E-state index contributed by atoms with van der Waals surface area (Å²) in [4.78, 5) is 21.3. The van der Waals surface area contributed by atoms with Crippen molar-refractivity contribution in [3.05, 3.63) is 24.3 Å². The number of ether oxygens (including phenoxy) is 1. The van der Waals surface area contributed by atoms with E-state index in [1.807, 2.05) is 29.2 Å². The van der Waals surface area contributed by atoms with Crippen LogP contribution in [0, 0.1) is 0 Å². The van der Waals surface area contributed by atoms with Crippen LogP contribution in [0.25, 0.3) is 0 Å². The fourth-order valence-corrected chi connectivity index (χ4v) is 3.89. The van der Waals surface area contributed by atoms with Gasteiger partial charge in [0, 0.05) is 44.8 Å². The highest BCUT2D eigenvalue weighted by Gasteiger charge is 2.24. The Bertz CT molecular complexity index is 705. The van der Waals surface area contributed by atoms with Gasteiger partial charge in [0.05, 0.1) is 5.69 Å². The summed E-state index contributed by atoms with van der Waals surface area (Å²) in [5, 5.41) is 6.94. The van der Waals surface area contributed by atoms with E-state index in [1.165, 1.54) is 0 Å². The standard InChI is InChI=1S/C22H35N5O2.HI/c1-4-23-22(25-18-10-14-26(15-11-18)17(2)3)24-12-7-13-27-19-8-5-6-9-20(19)29-16-21(27)28;/h5-6,8-9,17-18H,4,7,10-16H2,1-3H3,(H2,23,24,25);1H. The summed E-state index contributed by atoms with van der Waals surface area (Å²) in [6, 6.07) is 8.79. The van der Waals surface area contributed by atoms with Gasteiger partial charge in [0.25, 0.3) is 5.91 Å². The molecule has 0 bridgehead atoms. The molecule has 7 nitrogen and oxygen atoms in total. The van der Waals surface area contributed by atoms with Gasteiger partial charge in [-0.1, -0.05) is 12.1 Å². The van der Waals surface area contributed by atoms with Gasteiger partial charge in [-0.25, -0.2) is 0 Å². The number of piperidine rings is 1. The number of para-hydroxylation sites is 2. The van der Waals surface area contributed by atoms with Gasteiger partial charge in [-0.15, -0.1) is 24.0 Å². The Morgan fingerprint density at radius 2 is 2.00 bits per heavy atom. The summed E-state index contributed by atoms with van der Waals surface area (Å²) in [5.74, 6) is 1.66. The molecule has 168 valence electrons. The van der Waals surface area contributed by atoms with Crippen LogP contribution in [0.4, 0.5) is 5.69 Å². The van der Waals surface area contributed by atoms with Crippen molar-refractivity contribution >= 4 is 41.5 Å². The number of nitrogens with zero attached hydrogens (tertiary/aromatic N) is 3. The number of benzene rings is 1. The number of anilines is 1. The molecular formula is C22H36IN5O2. The van der Waals surface area contributed by atoms with Crippen molar-refractivity contribution in [1.29, 1.82) is 0 Å². The number of fused-ring (bicyclic) bond motifs is 1. The third-order valence-corrected chi connectivity index (χ3v) is 5.56. The monoisotopic (exact) mass is 529 g/mol. The molecule has 2 N–H and O–H groups in total. The zero-order valence-electron chi connectivity index (χ0n) is 18.4. The highest BCUT2D eigenvalue weighted by molar-refractivity contribution is 14.0. The van der Waals surface area contributed by atoms with Crippen molar-refractivity contribution in [3.63, 3.8) is 0 Å². The summed E-state index contributed by atoms with van der Waals surface area (Å²) in [6.45, 7) is 11.1. The number of hydrogen-bond acceptors (Lipinski definition) is 4. The zero-order chi connectivity index (χ0) is 20.6. The van der Waals surface area contributed by atoms with Crippen molar-refractivity contribution in [2.75, 3.05) is 44.2 Å². The second kappa shape index (κ2) is 12.3. The molecule has 0 unspecified atom stereocenters. The smallest absolute Gasteiger partial charge is 0.265 e. The Balaban J connectivity index is 0.00000320. The number of amides is 1. The van der Waals surface area contributed by atoms with Crippen LogP contribution in [0.2, 0.25) is 0 Å². The van der Waals surface area contributed by atoms with Gasteiger partial charge in [0.2, 0.25) is 0 Å². The van der Waals surface area contributed by atoms with E-state index in [9.17, 15) is 4.79 Å². The molecule has 1 amide bonds. The van der Waals surface area contributed by atoms with Gasteiger partial charge in [-0.3, -0.25) is 9.79 Å². The van der Waals surface area contributed by atoms with Crippen LogP contribution in [0.15, 0.2) is 29.3 Å². The van der Waals surface area contributed by atoms with Crippen molar-refractivity contribution in [1.82, 2.24) is 15.5 Å². The highest BCUT2D eigenvalue weighted by Crippen LogP contribution is 2.31. The first-order valence-electron chi connectivity index (χ1n) is 10.9. The molecule has 2 aliphatic heterocycles. The number of likely N-dealkylation sites (tertiary alicyclic amines) is 1. The highest BCUT2D eigenvalue weighted by atomic mass is 127. The average molecular weight is 529 g/mol. The van der Waals surface area contributed by atoms with E-state index in [0.717, 1.165) is 56.3 Å². The molecule has 1 aromatic carbocycles. The maximum absolute atomic E-state index is 12.3. The summed E-state index contributed by atoms with van der Waals surface area (Å²) in [7, 11) is 0. The largest absolute Gasteiger partial charge is 0.482 e. The molecule has 1 saturated heterocycles. The maximum atomic E-state index is 12.3. The predicted molar refractivity (Wildman–Crippen MR) is 133 cm³/mol. The lowest BCUT2D eigenvalue weighted by atomic mass is 10.0. The number of carbonyl (C=O) groups is 1. The number of rotatable bonds is 7. The lowest BCUT2D eigenvalue weighted by molar-refractivity contribution is -0.121. The van der Waals surface area contributed by atoms with Gasteiger partial charge in [-0.05, 0) is 52.2 Å². The van der Waals surface area contributed by atoms with Crippen molar-refractivity contribution in [3.8, 4) is 5.75 Å². The summed E-state index contributed by atoms with van der Waals surface area (Å²) in [6.07, 6.45) is 3.09. The van der Waals surface area contributed by atoms with E-state index < -0.39 is 0 Å². The van der Waals surface area contributed by atoms with Gasteiger partial charge >= 0.3 is 0 Å². The number of carbonyl (C=O) groups excluding carboxylic acids is 1. The molecule has 0 radical (unpaired) electrons. The van der Waals surface area contributed by atoms with Crippen LogP contribution < -0.4 is 20.3 Å². The molecule has 1 fully saturated rings. The van der Waals surface area contributed by atoms with Crippen LogP contribution in [0.3, 0.4) is 0 Å². The Morgan fingerprint density at radius 1 is 1.27 bits per heavy atom. The minimum atomic E-state index is 0. The third-order valence-electron chi connectivity index (χ3n) is 5.56. The van der Waals surface area contributed by atoms with Crippen LogP contribution in [-0.2, 0) is 4.79 Å². The van der Waals surface area contributed by atoms with Crippen molar-refractivity contribution < 1.29 is 9.53 Å². The molecule has 8 heteroatoms. The zero-order valence-corrected chi connectivity index (χ0v) is 20.7. The second-order valence-corrected chi connectivity index (χ2v) is 7.96. The molecule has 2 heterocycles. The van der Waals surface area contributed by atoms with E-state index in [2.05, 4.69) is 36.3 Å². The lowest BCUT2D eigenvalue weighted by Gasteiger charge is -2.35. The first-order chi connectivity index (χ1) is 14.1. The maximum Gasteiger partial charge on any atom is 0.265 e. The number of nitrogens with one attached hydrogen (secondary N) is 2. The van der Waals surface area contributed by atoms with E-state index in [4.69, 9.17) is 9.73 Å². The molecule has 1 aromatic rings.